The first-order valence-corrected chi connectivity index (χ1v) is 6.33. The average Bonchev–Trinajstić information content (AvgIpc) is 2.03. The Morgan fingerprint density at radius 1 is 1.40 bits per heavy atom. The molecule has 0 aromatic heterocycles. The fourth-order valence-electron chi connectivity index (χ4n) is 2.27. The molecule has 2 rings (SSSR count). The summed E-state index contributed by atoms with van der Waals surface area (Å²) in [5.41, 5.74) is 0. The third-order valence-corrected chi connectivity index (χ3v) is 5.04. The van der Waals surface area contributed by atoms with Crippen LogP contribution in [0.3, 0.4) is 0 Å². The quantitative estimate of drug-likeness (QED) is 0.719. The molecule has 0 aromatic rings. The van der Waals surface area contributed by atoms with Crippen molar-refractivity contribution in [3.8, 4) is 0 Å². The second-order valence-corrected chi connectivity index (χ2v) is 5.75. The predicted molar refractivity (Wildman–Crippen MR) is 56.0 cm³/mol. The van der Waals surface area contributed by atoms with Gasteiger partial charge in [0, 0.05) is 11.8 Å². The second kappa shape index (κ2) is 3.43. The molecule has 0 saturated carbocycles. The van der Waals surface area contributed by atoms with Gasteiger partial charge in [-0.25, -0.2) is 0 Å². The van der Waals surface area contributed by atoms with Gasteiger partial charge in [-0.1, -0.05) is 31.2 Å². The lowest BCUT2D eigenvalue weighted by molar-refractivity contribution is -0.0517. The van der Waals surface area contributed by atoms with Crippen molar-refractivity contribution in [3.05, 3.63) is 24.3 Å². The van der Waals surface area contributed by atoms with E-state index in [-0.39, 0.29) is 11.8 Å². The van der Waals surface area contributed by atoms with Crippen LogP contribution in [0.2, 0.25) is 0 Å². The third kappa shape index (κ3) is 1.46. The molecule has 2 atom stereocenters. The van der Waals surface area contributed by atoms with E-state index in [9.17, 15) is 13.0 Å². The number of rotatable bonds is 2. The first-order chi connectivity index (χ1) is 6.98. The summed E-state index contributed by atoms with van der Waals surface area (Å²) in [6.45, 7) is 2.58. The van der Waals surface area contributed by atoms with Gasteiger partial charge in [-0.3, -0.25) is 4.55 Å². The fraction of sp³-hybridized carbons (Fsp3) is 0.600. The molecule has 0 radical (unpaired) electrons. The van der Waals surface area contributed by atoms with Crippen LogP contribution >= 0.6 is 0 Å². The van der Waals surface area contributed by atoms with Gasteiger partial charge in [-0.15, -0.1) is 0 Å². The standard InChI is InChI=1S/C10H14O4S/c1-8-4-2-3-5-10(8,15(11,12)13)9-6-14-7-9/h2-5,8-9H,6-7H2,1H3,(H,11,12,13). The van der Waals surface area contributed by atoms with Crippen LogP contribution in [0.5, 0.6) is 0 Å². The first-order valence-electron chi connectivity index (χ1n) is 4.89. The predicted octanol–water partition coefficient (Wildman–Crippen LogP) is 1.02. The highest BCUT2D eigenvalue weighted by Gasteiger charge is 2.54. The van der Waals surface area contributed by atoms with E-state index in [1.54, 1.807) is 31.2 Å². The summed E-state index contributed by atoms with van der Waals surface area (Å²) in [7, 11) is -4.11. The maximum atomic E-state index is 11.6. The maximum Gasteiger partial charge on any atom is 0.275 e. The summed E-state index contributed by atoms with van der Waals surface area (Å²) in [6, 6.07) is 0. The minimum Gasteiger partial charge on any atom is -0.381 e. The molecule has 5 heteroatoms. The average molecular weight is 230 g/mol. The van der Waals surface area contributed by atoms with Crippen LogP contribution in [0.4, 0.5) is 0 Å². The van der Waals surface area contributed by atoms with Crippen LogP contribution in [-0.2, 0) is 14.9 Å². The summed E-state index contributed by atoms with van der Waals surface area (Å²) >= 11 is 0. The van der Waals surface area contributed by atoms with E-state index in [4.69, 9.17) is 4.74 Å². The Balaban J connectivity index is 2.48. The van der Waals surface area contributed by atoms with E-state index in [2.05, 4.69) is 0 Å². The van der Waals surface area contributed by atoms with Crippen molar-refractivity contribution in [2.45, 2.75) is 11.7 Å². The summed E-state index contributed by atoms with van der Waals surface area (Å²) in [6.07, 6.45) is 6.85. The normalized spacial score (nSPS) is 36.5. The maximum absolute atomic E-state index is 11.6. The summed E-state index contributed by atoms with van der Waals surface area (Å²) < 4.78 is 36.4. The van der Waals surface area contributed by atoms with Crippen molar-refractivity contribution in [3.63, 3.8) is 0 Å². The van der Waals surface area contributed by atoms with Crippen LogP contribution in [0.15, 0.2) is 24.3 Å². The van der Waals surface area contributed by atoms with Crippen molar-refractivity contribution >= 4 is 10.1 Å². The number of hydrogen-bond acceptors (Lipinski definition) is 3. The molecule has 1 heterocycles. The Labute approximate surface area is 89.4 Å². The molecule has 2 unspecified atom stereocenters. The minimum atomic E-state index is -4.11. The van der Waals surface area contributed by atoms with Crippen molar-refractivity contribution < 1.29 is 17.7 Å². The van der Waals surface area contributed by atoms with E-state index in [1.165, 1.54) is 0 Å². The van der Waals surface area contributed by atoms with Crippen molar-refractivity contribution in [1.82, 2.24) is 0 Å². The highest BCUT2D eigenvalue weighted by molar-refractivity contribution is 7.87. The smallest absolute Gasteiger partial charge is 0.275 e. The Morgan fingerprint density at radius 3 is 2.47 bits per heavy atom. The molecule has 84 valence electrons. The summed E-state index contributed by atoms with van der Waals surface area (Å²) in [5, 5.41) is 0. The summed E-state index contributed by atoms with van der Waals surface area (Å²) in [4.78, 5) is 0. The minimum absolute atomic E-state index is 0.149. The van der Waals surface area contributed by atoms with Crippen LogP contribution in [-0.4, -0.2) is 30.9 Å². The molecule has 1 aliphatic heterocycles. The van der Waals surface area contributed by atoms with Crippen molar-refractivity contribution in [1.29, 1.82) is 0 Å². The first kappa shape index (κ1) is 10.9. The molecule has 2 aliphatic rings. The highest BCUT2D eigenvalue weighted by Crippen LogP contribution is 2.41. The molecule has 0 aromatic carbocycles. The number of ether oxygens (including phenoxy) is 1. The second-order valence-electron chi connectivity index (χ2n) is 4.10. The SMILES string of the molecule is CC1C=CC=CC1(C1COC1)S(=O)(=O)O. The zero-order valence-corrected chi connectivity index (χ0v) is 9.28. The Kier molecular flexibility index (Phi) is 2.48. The Morgan fingerprint density at radius 2 is 2.07 bits per heavy atom. The van der Waals surface area contributed by atoms with Gasteiger partial charge in [0.1, 0.15) is 4.75 Å². The topological polar surface area (TPSA) is 63.6 Å². The van der Waals surface area contributed by atoms with Crippen LogP contribution in [0.1, 0.15) is 6.92 Å². The molecule has 15 heavy (non-hydrogen) atoms. The monoisotopic (exact) mass is 230 g/mol. The van der Waals surface area contributed by atoms with E-state index in [0.29, 0.717) is 13.2 Å². The zero-order chi connectivity index (χ0) is 11.1. The largest absolute Gasteiger partial charge is 0.381 e. The molecule has 1 N–H and O–H groups in total. The molecule has 4 nitrogen and oxygen atoms in total. The summed E-state index contributed by atoms with van der Waals surface area (Å²) in [5.74, 6) is -0.380. The van der Waals surface area contributed by atoms with E-state index >= 15 is 0 Å². The molecule has 0 spiro atoms. The van der Waals surface area contributed by atoms with Gasteiger partial charge in [0.25, 0.3) is 10.1 Å². The van der Waals surface area contributed by atoms with Gasteiger partial charge in [0.2, 0.25) is 0 Å². The fourth-order valence-corrected chi connectivity index (χ4v) is 3.63. The van der Waals surface area contributed by atoms with E-state index in [0.717, 1.165) is 0 Å². The molecule has 1 saturated heterocycles. The lowest BCUT2D eigenvalue weighted by Gasteiger charge is -2.44. The van der Waals surface area contributed by atoms with Gasteiger partial charge in [0.15, 0.2) is 0 Å². The number of hydrogen-bond donors (Lipinski definition) is 1. The zero-order valence-electron chi connectivity index (χ0n) is 8.46. The van der Waals surface area contributed by atoms with Crippen molar-refractivity contribution in [2.24, 2.45) is 11.8 Å². The van der Waals surface area contributed by atoms with Crippen LogP contribution < -0.4 is 0 Å². The molecule has 1 fully saturated rings. The van der Waals surface area contributed by atoms with Crippen molar-refractivity contribution in [2.75, 3.05) is 13.2 Å². The van der Waals surface area contributed by atoms with E-state index < -0.39 is 14.9 Å². The molecular weight excluding hydrogens is 216 g/mol. The highest BCUT2D eigenvalue weighted by atomic mass is 32.2. The lowest BCUT2D eigenvalue weighted by atomic mass is 9.78. The lowest BCUT2D eigenvalue weighted by Crippen LogP contribution is -2.56. The van der Waals surface area contributed by atoms with Crippen LogP contribution in [0, 0.1) is 11.8 Å². The molecular formula is C10H14O4S. The van der Waals surface area contributed by atoms with Crippen LogP contribution in [0.25, 0.3) is 0 Å². The Bertz CT molecular complexity index is 405. The molecule has 1 aliphatic carbocycles. The van der Waals surface area contributed by atoms with Gasteiger partial charge in [0.05, 0.1) is 13.2 Å². The van der Waals surface area contributed by atoms with Gasteiger partial charge in [-0.05, 0) is 0 Å². The molecule has 0 amide bonds. The third-order valence-electron chi connectivity index (χ3n) is 3.30. The van der Waals surface area contributed by atoms with Gasteiger partial charge < -0.3 is 4.74 Å². The van der Waals surface area contributed by atoms with Gasteiger partial charge in [-0.2, -0.15) is 8.42 Å². The Hall–Kier alpha value is -0.650. The van der Waals surface area contributed by atoms with E-state index in [1.807, 2.05) is 0 Å². The molecule has 0 bridgehead atoms. The van der Waals surface area contributed by atoms with Gasteiger partial charge >= 0.3 is 0 Å². The number of allylic oxidation sites excluding steroid dienone is 3.